The van der Waals surface area contributed by atoms with E-state index in [1.807, 2.05) is 24.2 Å². The maximum absolute atomic E-state index is 13.1. The van der Waals surface area contributed by atoms with Gasteiger partial charge in [-0.15, -0.1) is 0 Å². The highest BCUT2D eigenvalue weighted by Crippen LogP contribution is 2.39. The summed E-state index contributed by atoms with van der Waals surface area (Å²) in [6.45, 7) is 3.52. The Morgan fingerprint density at radius 1 is 1.07 bits per heavy atom. The fourth-order valence-electron chi connectivity index (χ4n) is 4.40. The maximum atomic E-state index is 13.1. The third-order valence-corrected chi connectivity index (χ3v) is 6.44. The number of hydrogen-bond donors (Lipinski definition) is 0. The first-order valence-corrected chi connectivity index (χ1v) is 10.4. The van der Waals surface area contributed by atoms with Crippen molar-refractivity contribution in [2.45, 2.75) is 50.5 Å². The third kappa shape index (κ3) is 3.32. The van der Waals surface area contributed by atoms with Gasteiger partial charge in [0.1, 0.15) is 11.5 Å². The molecule has 2 fully saturated rings. The molecule has 0 bridgehead atoms. The maximum Gasteiger partial charge on any atom is 0.272 e. The van der Waals surface area contributed by atoms with Crippen LogP contribution in [0.25, 0.3) is 0 Å². The van der Waals surface area contributed by atoms with Crippen molar-refractivity contribution in [1.29, 1.82) is 0 Å². The van der Waals surface area contributed by atoms with Crippen molar-refractivity contribution >= 4 is 5.91 Å². The molecular weight excluding hydrogens is 352 g/mol. The van der Waals surface area contributed by atoms with Crippen LogP contribution in [0.4, 0.5) is 0 Å². The summed E-state index contributed by atoms with van der Waals surface area (Å²) in [6.07, 6.45) is 7.40. The molecule has 1 aliphatic carbocycles. The Morgan fingerprint density at radius 2 is 1.86 bits per heavy atom. The van der Waals surface area contributed by atoms with Gasteiger partial charge in [0.05, 0.1) is 11.4 Å². The predicted octanol–water partition coefficient (Wildman–Crippen LogP) is 2.10. The van der Waals surface area contributed by atoms with E-state index in [2.05, 4.69) is 22.0 Å². The van der Waals surface area contributed by atoms with Crippen LogP contribution in [0.1, 0.15) is 70.8 Å². The first kappa shape index (κ1) is 17.8. The second-order valence-corrected chi connectivity index (χ2v) is 8.61. The molecule has 3 aliphatic rings. The van der Waals surface area contributed by atoms with Crippen LogP contribution in [-0.2, 0) is 20.0 Å². The molecule has 7 heteroatoms. The zero-order valence-electron chi connectivity index (χ0n) is 16.8. The van der Waals surface area contributed by atoms with E-state index in [1.54, 1.807) is 4.68 Å². The van der Waals surface area contributed by atoms with Crippen molar-refractivity contribution in [3.63, 3.8) is 0 Å². The van der Waals surface area contributed by atoms with E-state index < -0.39 is 0 Å². The number of carbonyl (C=O) groups excluding carboxylic acids is 1. The summed E-state index contributed by atoms with van der Waals surface area (Å²) in [4.78, 5) is 26.9. The third-order valence-electron chi connectivity index (χ3n) is 6.44. The molecule has 2 aromatic heterocycles. The van der Waals surface area contributed by atoms with Crippen molar-refractivity contribution in [1.82, 2.24) is 29.5 Å². The standard InChI is InChI=1S/C21H28N6O/c1-25-8-5-15(6-9-25)20-22-12-16-13-27(10-7-17(16)23-20)21(28)19-11-18(14-3-4-14)24-26(19)2/h11-12,14-15H,3-10,13H2,1-2H3. The van der Waals surface area contributed by atoms with E-state index in [-0.39, 0.29) is 5.91 Å². The molecule has 148 valence electrons. The number of fused-ring (bicyclic) bond motifs is 1. The van der Waals surface area contributed by atoms with E-state index in [0.29, 0.717) is 30.6 Å². The Hall–Kier alpha value is -2.28. The molecule has 0 N–H and O–H groups in total. The lowest BCUT2D eigenvalue weighted by Crippen LogP contribution is -2.37. The number of hydrogen-bond acceptors (Lipinski definition) is 5. The largest absolute Gasteiger partial charge is 0.332 e. The molecule has 5 rings (SSSR count). The predicted molar refractivity (Wildman–Crippen MR) is 105 cm³/mol. The average Bonchev–Trinajstić information content (AvgIpc) is 3.49. The molecule has 4 heterocycles. The first-order chi connectivity index (χ1) is 13.6. The summed E-state index contributed by atoms with van der Waals surface area (Å²) >= 11 is 0. The lowest BCUT2D eigenvalue weighted by Gasteiger charge is -2.30. The molecule has 1 saturated heterocycles. The van der Waals surface area contributed by atoms with Gasteiger partial charge in [-0.1, -0.05) is 0 Å². The zero-order chi connectivity index (χ0) is 19.3. The minimum atomic E-state index is 0.0620. The molecule has 0 aromatic carbocycles. The number of carbonyl (C=O) groups is 1. The van der Waals surface area contributed by atoms with Crippen LogP contribution in [0, 0.1) is 0 Å². The number of nitrogens with zero attached hydrogens (tertiary/aromatic N) is 6. The Balaban J connectivity index is 1.30. The lowest BCUT2D eigenvalue weighted by molar-refractivity contribution is 0.0722. The van der Waals surface area contributed by atoms with Crippen LogP contribution in [0.15, 0.2) is 12.3 Å². The van der Waals surface area contributed by atoms with Crippen molar-refractivity contribution in [3.05, 3.63) is 40.7 Å². The van der Waals surface area contributed by atoms with Gasteiger partial charge < -0.3 is 9.80 Å². The second-order valence-electron chi connectivity index (χ2n) is 8.61. The van der Waals surface area contributed by atoms with Crippen LogP contribution < -0.4 is 0 Å². The summed E-state index contributed by atoms with van der Waals surface area (Å²) in [7, 11) is 4.04. The molecule has 0 unspecified atom stereocenters. The van der Waals surface area contributed by atoms with E-state index in [0.717, 1.165) is 55.1 Å². The molecule has 0 spiro atoms. The van der Waals surface area contributed by atoms with Gasteiger partial charge in [0, 0.05) is 50.2 Å². The van der Waals surface area contributed by atoms with Gasteiger partial charge in [-0.05, 0) is 51.9 Å². The van der Waals surface area contributed by atoms with Gasteiger partial charge in [0.15, 0.2) is 0 Å². The molecule has 28 heavy (non-hydrogen) atoms. The Morgan fingerprint density at radius 3 is 2.61 bits per heavy atom. The smallest absolute Gasteiger partial charge is 0.272 e. The molecular formula is C21H28N6O. The highest BCUT2D eigenvalue weighted by atomic mass is 16.2. The Labute approximate surface area is 165 Å². The van der Waals surface area contributed by atoms with Crippen LogP contribution in [0.5, 0.6) is 0 Å². The van der Waals surface area contributed by atoms with Crippen molar-refractivity contribution < 1.29 is 4.79 Å². The van der Waals surface area contributed by atoms with Crippen LogP contribution in [-0.4, -0.2) is 62.1 Å². The highest BCUT2D eigenvalue weighted by Gasteiger charge is 2.31. The van der Waals surface area contributed by atoms with E-state index in [9.17, 15) is 4.79 Å². The van der Waals surface area contributed by atoms with E-state index in [1.165, 1.54) is 12.8 Å². The van der Waals surface area contributed by atoms with E-state index >= 15 is 0 Å². The average molecular weight is 380 g/mol. The van der Waals surface area contributed by atoms with E-state index in [4.69, 9.17) is 4.98 Å². The molecule has 0 radical (unpaired) electrons. The van der Waals surface area contributed by atoms with Gasteiger partial charge >= 0.3 is 0 Å². The van der Waals surface area contributed by atoms with Crippen LogP contribution >= 0.6 is 0 Å². The minimum Gasteiger partial charge on any atom is -0.332 e. The van der Waals surface area contributed by atoms with Gasteiger partial charge in [0.25, 0.3) is 5.91 Å². The second kappa shape index (κ2) is 6.95. The number of likely N-dealkylation sites (tertiary alicyclic amines) is 1. The first-order valence-electron chi connectivity index (χ1n) is 10.4. The number of aryl methyl sites for hydroxylation is 1. The van der Waals surface area contributed by atoms with Crippen LogP contribution in [0.2, 0.25) is 0 Å². The van der Waals surface area contributed by atoms with Gasteiger partial charge in [-0.2, -0.15) is 5.10 Å². The zero-order valence-corrected chi connectivity index (χ0v) is 16.8. The van der Waals surface area contributed by atoms with Gasteiger partial charge in [-0.25, -0.2) is 9.97 Å². The number of rotatable bonds is 3. The SMILES string of the molecule is CN1CCC(c2ncc3c(n2)CCN(C(=O)c2cc(C4CC4)nn2C)C3)CC1. The lowest BCUT2D eigenvalue weighted by atomic mass is 9.95. The summed E-state index contributed by atoms with van der Waals surface area (Å²) in [5.41, 5.74) is 3.96. The summed E-state index contributed by atoms with van der Waals surface area (Å²) in [5.74, 6) is 2.08. The number of amides is 1. The Kier molecular flexibility index (Phi) is 4.42. The number of aromatic nitrogens is 4. The minimum absolute atomic E-state index is 0.0620. The van der Waals surface area contributed by atoms with Crippen molar-refractivity contribution in [3.8, 4) is 0 Å². The van der Waals surface area contributed by atoms with Gasteiger partial charge in [0.2, 0.25) is 0 Å². The highest BCUT2D eigenvalue weighted by molar-refractivity contribution is 5.92. The normalized spacial score (nSPS) is 21.0. The topological polar surface area (TPSA) is 67.2 Å². The summed E-state index contributed by atoms with van der Waals surface area (Å²) < 4.78 is 1.74. The van der Waals surface area contributed by atoms with Crippen molar-refractivity contribution in [2.24, 2.45) is 7.05 Å². The summed E-state index contributed by atoms with van der Waals surface area (Å²) in [5, 5.41) is 4.54. The molecule has 2 aliphatic heterocycles. The molecule has 1 saturated carbocycles. The summed E-state index contributed by atoms with van der Waals surface area (Å²) in [6, 6.07) is 1.98. The molecule has 1 amide bonds. The van der Waals surface area contributed by atoms with Crippen LogP contribution in [0.3, 0.4) is 0 Å². The van der Waals surface area contributed by atoms with Gasteiger partial charge in [-0.3, -0.25) is 9.48 Å². The van der Waals surface area contributed by atoms with Crippen molar-refractivity contribution in [2.75, 3.05) is 26.7 Å². The fraction of sp³-hybridized carbons (Fsp3) is 0.619. The fourth-order valence-corrected chi connectivity index (χ4v) is 4.40. The Bertz CT molecular complexity index is 894. The molecule has 7 nitrogen and oxygen atoms in total. The monoisotopic (exact) mass is 380 g/mol. The molecule has 0 atom stereocenters. The number of piperidine rings is 1. The quantitative estimate of drug-likeness (QED) is 0.816. The molecule has 2 aromatic rings.